The van der Waals surface area contributed by atoms with Gasteiger partial charge in [0.2, 0.25) is 0 Å². The van der Waals surface area contributed by atoms with Gasteiger partial charge < -0.3 is 5.73 Å². The molecular formula is C8H11ClN3O2+. The summed E-state index contributed by atoms with van der Waals surface area (Å²) in [5, 5.41) is 15.9. The molecule has 0 fully saturated rings. The minimum Gasteiger partial charge on any atom is -0.401 e. The molecule has 0 aromatic rings. The van der Waals surface area contributed by atoms with Gasteiger partial charge in [-0.05, 0) is 6.92 Å². The largest absolute Gasteiger partial charge is 0.401 e. The maximum Gasteiger partial charge on any atom is 0.268 e. The summed E-state index contributed by atoms with van der Waals surface area (Å²) in [7, 11) is 0. The second-order valence-corrected chi connectivity index (χ2v) is 4.14. The zero-order valence-corrected chi connectivity index (χ0v) is 8.41. The van der Waals surface area contributed by atoms with E-state index in [9.17, 15) is 10.1 Å². The van der Waals surface area contributed by atoms with Crippen molar-refractivity contribution in [2.45, 2.75) is 18.2 Å². The molecule has 1 rings (SSSR count). The molecule has 0 saturated carbocycles. The Morgan fingerprint density at radius 3 is 2.86 bits per heavy atom. The van der Waals surface area contributed by atoms with Crippen LogP contribution < -0.4 is 11.1 Å². The van der Waals surface area contributed by atoms with Gasteiger partial charge in [-0.15, -0.1) is 11.6 Å². The summed E-state index contributed by atoms with van der Waals surface area (Å²) in [5.74, 6) is 0. The van der Waals surface area contributed by atoms with Crippen molar-refractivity contribution >= 4 is 17.8 Å². The van der Waals surface area contributed by atoms with Gasteiger partial charge >= 0.3 is 0 Å². The average Bonchev–Trinajstić information content (AvgIpc) is 2.01. The highest BCUT2D eigenvalue weighted by Gasteiger charge is 2.40. The summed E-state index contributed by atoms with van der Waals surface area (Å²) in [4.78, 5) is 9.11. The van der Waals surface area contributed by atoms with E-state index < -0.39 is 9.80 Å². The van der Waals surface area contributed by atoms with Gasteiger partial charge in [-0.1, -0.05) is 0 Å². The summed E-state index contributed by atoms with van der Waals surface area (Å²) in [6.07, 6.45) is 2.78. The number of hydrogen-bond donors (Lipinski definition) is 2. The van der Waals surface area contributed by atoms with Crippen LogP contribution in [0, 0.1) is 10.1 Å². The quantitative estimate of drug-likeness (QED) is 0.284. The molecule has 0 bridgehead atoms. The molecule has 0 heterocycles. The molecule has 0 aromatic heterocycles. The van der Waals surface area contributed by atoms with Crippen LogP contribution in [0.25, 0.3) is 0 Å². The van der Waals surface area contributed by atoms with Crippen molar-refractivity contribution in [1.82, 2.24) is 0 Å². The van der Waals surface area contributed by atoms with Gasteiger partial charge in [-0.3, -0.25) is 15.5 Å². The summed E-state index contributed by atoms with van der Waals surface area (Å²) in [5.41, 5.74) is 6.50. The van der Waals surface area contributed by atoms with Crippen molar-refractivity contribution in [3.63, 3.8) is 0 Å². The van der Waals surface area contributed by atoms with Crippen molar-refractivity contribution in [3.05, 3.63) is 33.2 Å². The van der Waals surface area contributed by atoms with Crippen LogP contribution in [-0.2, 0) is 0 Å². The van der Waals surface area contributed by atoms with Crippen LogP contribution in [0.4, 0.5) is 0 Å². The Kier molecular flexibility index (Phi) is 2.62. The lowest BCUT2D eigenvalue weighted by molar-refractivity contribution is -0.431. The third kappa shape index (κ3) is 1.77. The van der Waals surface area contributed by atoms with Gasteiger partial charge in [0.1, 0.15) is 4.87 Å². The number of nitro groups is 1. The van der Waals surface area contributed by atoms with E-state index in [1.54, 1.807) is 6.92 Å². The first-order valence-corrected chi connectivity index (χ1v) is 4.35. The van der Waals surface area contributed by atoms with E-state index in [4.69, 9.17) is 22.7 Å². The molecule has 76 valence electrons. The Hall–Kier alpha value is -1.36. The van der Waals surface area contributed by atoms with Gasteiger partial charge in [0, 0.05) is 18.2 Å². The van der Waals surface area contributed by atoms with Crippen LogP contribution >= 0.6 is 11.6 Å². The molecule has 5 nitrogen and oxygen atoms in total. The lowest BCUT2D eigenvalue weighted by Gasteiger charge is -2.23. The molecule has 0 radical (unpaired) electrons. The second-order valence-electron chi connectivity index (χ2n) is 3.31. The number of halogens is 1. The number of alkyl halides is 1. The summed E-state index contributed by atoms with van der Waals surface area (Å²) in [6, 6.07) is 0. The highest BCUT2D eigenvalue weighted by atomic mass is 35.5. The van der Waals surface area contributed by atoms with Crippen LogP contribution in [0.15, 0.2) is 23.0 Å². The third-order valence-corrected chi connectivity index (χ3v) is 2.42. The van der Waals surface area contributed by atoms with Gasteiger partial charge in [0.15, 0.2) is 6.21 Å². The summed E-state index contributed by atoms with van der Waals surface area (Å²) in [6.45, 7) is 1.56. The SMILES string of the molecule is CC1(Cl)CC(N)=C(C=[NH2+])C=C1[N+](=O)[O-]. The first kappa shape index (κ1) is 10.7. The standard InChI is InChI=1S/C8H10ClN3O2/c1-8(9)3-6(11)5(4-10)2-7(8)12(13)14/h2,4,10H,3,11H2,1H3/p+1. The molecule has 0 aromatic carbocycles. The molecule has 4 N–H and O–H groups in total. The van der Waals surface area contributed by atoms with E-state index in [1.807, 2.05) is 0 Å². The highest BCUT2D eigenvalue weighted by Crippen LogP contribution is 2.35. The van der Waals surface area contributed by atoms with Gasteiger partial charge in [-0.2, -0.15) is 0 Å². The molecule has 14 heavy (non-hydrogen) atoms. The van der Waals surface area contributed by atoms with Crippen LogP contribution in [-0.4, -0.2) is 16.0 Å². The van der Waals surface area contributed by atoms with Crippen molar-refractivity contribution < 1.29 is 10.3 Å². The molecule has 1 unspecified atom stereocenters. The van der Waals surface area contributed by atoms with E-state index in [1.165, 1.54) is 12.3 Å². The molecular weight excluding hydrogens is 206 g/mol. The Morgan fingerprint density at radius 1 is 1.86 bits per heavy atom. The number of allylic oxidation sites excluding steroid dienone is 4. The Morgan fingerprint density at radius 2 is 2.43 bits per heavy atom. The van der Waals surface area contributed by atoms with E-state index in [0.29, 0.717) is 11.3 Å². The summed E-state index contributed by atoms with van der Waals surface area (Å²) >= 11 is 5.97. The zero-order valence-electron chi connectivity index (χ0n) is 7.66. The first-order chi connectivity index (χ1) is 6.38. The van der Waals surface area contributed by atoms with Gasteiger partial charge in [0.05, 0.1) is 10.5 Å². The minimum atomic E-state index is -1.06. The van der Waals surface area contributed by atoms with Gasteiger partial charge in [0.25, 0.3) is 5.70 Å². The molecule has 0 spiro atoms. The Labute approximate surface area is 85.9 Å². The van der Waals surface area contributed by atoms with Crippen LogP contribution in [0.5, 0.6) is 0 Å². The van der Waals surface area contributed by atoms with Crippen molar-refractivity contribution in [2.24, 2.45) is 5.73 Å². The Balaban J connectivity index is 3.23. The number of rotatable bonds is 2. The van der Waals surface area contributed by atoms with Crippen molar-refractivity contribution in [2.75, 3.05) is 0 Å². The van der Waals surface area contributed by atoms with Gasteiger partial charge in [-0.25, -0.2) is 0 Å². The van der Waals surface area contributed by atoms with Crippen LogP contribution in [0.3, 0.4) is 0 Å². The Bertz CT molecular complexity index is 358. The normalized spacial score (nSPS) is 27.1. The third-order valence-electron chi connectivity index (χ3n) is 2.10. The fourth-order valence-electron chi connectivity index (χ4n) is 1.34. The lowest BCUT2D eigenvalue weighted by atomic mass is 9.92. The fourth-order valence-corrected chi connectivity index (χ4v) is 1.61. The fraction of sp³-hybridized carbons (Fsp3) is 0.375. The number of hydrogen-bond acceptors (Lipinski definition) is 3. The van der Waals surface area contributed by atoms with Crippen LogP contribution in [0.1, 0.15) is 13.3 Å². The minimum absolute atomic E-state index is 0.0786. The van der Waals surface area contributed by atoms with E-state index >= 15 is 0 Å². The van der Waals surface area contributed by atoms with Crippen LogP contribution in [0.2, 0.25) is 0 Å². The lowest BCUT2D eigenvalue weighted by Crippen LogP contribution is -2.36. The van der Waals surface area contributed by atoms with E-state index in [-0.39, 0.29) is 12.1 Å². The monoisotopic (exact) mass is 216 g/mol. The zero-order chi connectivity index (χ0) is 10.9. The number of nitrogens with two attached hydrogens (primary N) is 2. The van der Waals surface area contributed by atoms with Crippen molar-refractivity contribution in [3.8, 4) is 0 Å². The molecule has 0 aliphatic heterocycles. The summed E-state index contributed by atoms with van der Waals surface area (Å²) < 4.78 is 0. The molecule has 1 aliphatic carbocycles. The highest BCUT2D eigenvalue weighted by molar-refractivity contribution is 6.25. The topological polar surface area (TPSA) is 94.8 Å². The number of nitrogens with zero attached hydrogens (tertiary/aromatic N) is 1. The predicted molar refractivity (Wildman–Crippen MR) is 53.2 cm³/mol. The maximum absolute atomic E-state index is 10.7. The maximum atomic E-state index is 10.7. The average molecular weight is 217 g/mol. The smallest absolute Gasteiger partial charge is 0.268 e. The van der Waals surface area contributed by atoms with Crippen molar-refractivity contribution in [1.29, 1.82) is 0 Å². The molecule has 1 aliphatic rings. The molecule has 6 heteroatoms. The molecule has 1 atom stereocenters. The van der Waals surface area contributed by atoms with E-state index in [2.05, 4.69) is 0 Å². The second kappa shape index (κ2) is 3.42. The molecule has 0 amide bonds. The predicted octanol–water partition coefficient (Wildman–Crippen LogP) is -0.409. The van der Waals surface area contributed by atoms with E-state index in [0.717, 1.165) is 0 Å². The first-order valence-electron chi connectivity index (χ1n) is 3.97. The molecule has 0 saturated heterocycles.